The fourth-order valence-electron chi connectivity index (χ4n) is 4.41. The maximum atomic E-state index is 13.6. The SMILES string of the molecule is Cc1ccc(-n2nc(-c3cccs3)cc2C(=O)N2CCC(Cc3ccccc3)CC2)cc1. The summed E-state index contributed by atoms with van der Waals surface area (Å²) < 4.78 is 1.81. The lowest BCUT2D eigenvalue weighted by atomic mass is 9.90. The number of aromatic nitrogens is 2. The Kier molecular flexibility index (Phi) is 5.91. The number of hydrogen-bond acceptors (Lipinski definition) is 3. The van der Waals surface area contributed by atoms with Crippen molar-refractivity contribution in [1.82, 2.24) is 14.7 Å². The van der Waals surface area contributed by atoms with Crippen molar-refractivity contribution in [3.8, 4) is 16.3 Å². The molecular weight excluding hydrogens is 414 g/mol. The number of amides is 1. The molecule has 0 saturated carbocycles. The number of rotatable bonds is 5. The summed E-state index contributed by atoms with van der Waals surface area (Å²) in [6, 6.07) is 24.9. The Morgan fingerprint density at radius 2 is 1.75 bits per heavy atom. The summed E-state index contributed by atoms with van der Waals surface area (Å²) in [5.41, 5.74) is 4.98. The Labute approximate surface area is 193 Å². The Morgan fingerprint density at radius 1 is 1.00 bits per heavy atom. The quantitative estimate of drug-likeness (QED) is 0.381. The lowest BCUT2D eigenvalue weighted by Crippen LogP contribution is -2.39. The van der Waals surface area contributed by atoms with E-state index >= 15 is 0 Å². The molecule has 0 bridgehead atoms. The number of piperidine rings is 1. The zero-order chi connectivity index (χ0) is 21.9. The molecule has 0 N–H and O–H groups in total. The minimum Gasteiger partial charge on any atom is -0.337 e. The minimum absolute atomic E-state index is 0.0686. The lowest BCUT2D eigenvalue weighted by molar-refractivity contribution is 0.0681. The fourth-order valence-corrected chi connectivity index (χ4v) is 5.09. The van der Waals surface area contributed by atoms with Crippen LogP contribution in [-0.2, 0) is 6.42 Å². The summed E-state index contributed by atoms with van der Waals surface area (Å²) >= 11 is 1.64. The Hall–Kier alpha value is -3.18. The van der Waals surface area contributed by atoms with Gasteiger partial charge in [0.25, 0.3) is 5.91 Å². The third-order valence-electron chi connectivity index (χ3n) is 6.25. The maximum absolute atomic E-state index is 13.6. The smallest absolute Gasteiger partial charge is 0.272 e. The van der Waals surface area contributed by atoms with Crippen LogP contribution in [0.2, 0.25) is 0 Å². The highest BCUT2D eigenvalue weighted by molar-refractivity contribution is 7.13. The van der Waals surface area contributed by atoms with E-state index in [4.69, 9.17) is 5.10 Å². The molecule has 4 aromatic rings. The second-order valence-electron chi connectivity index (χ2n) is 8.56. The van der Waals surface area contributed by atoms with Gasteiger partial charge in [-0.25, -0.2) is 4.68 Å². The van der Waals surface area contributed by atoms with Crippen molar-refractivity contribution in [2.75, 3.05) is 13.1 Å². The van der Waals surface area contributed by atoms with Gasteiger partial charge in [-0.2, -0.15) is 5.10 Å². The molecule has 0 radical (unpaired) electrons. The van der Waals surface area contributed by atoms with Crippen LogP contribution in [0.1, 0.15) is 34.5 Å². The second-order valence-corrected chi connectivity index (χ2v) is 9.51. The number of carbonyl (C=O) groups is 1. The highest BCUT2D eigenvalue weighted by atomic mass is 32.1. The molecule has 162 valence electrons. The zero-order valence-electron chi connectivity index (χ0n) is 18.3. The molecule has 1 amide bonds. The first-order chi connectivity index (χ1) is 15.7. The van der Waals surface area contributed by atoms with E-state index in [1.54, 1.807) is 11.3 Å². The van der Waals surface area contributed by atoms with E-state index in [-0.39, 0.29) is 5.91 Å². The number of nitrogens with zero attached hydrogens (tertiary/aromatic N) is 3. The first kappa shape index (κ1) is 20.7. The predicted molar refractivity (Wildman–Crippen MR) is 130 cm³/mol. The van der Waals surface area contributed by atoms with E-state index in [9.17, 15) is 4.79 Å². The minimum atomic E-state index is 0.0686. The third kappa shape index (κ3) is 4.39. The number of benzene rings is 2. The number of likely N-dealkylation sites (tertiary alicyclic amines) is 1. The van der Waals surface area contributed by atoms with Gasteiger partial charge < -0.3 is 4.90 Å². The molecule has 2 aromatic carbocycles. The normalized spacial score (nSPS) is 14.6. The molecule has 3 heterocycles. The van der Waals surface area contributed by atoms with Crippen LogP contribution in [0.4, 0.5) is 0 Å². The van der Waals surface area contributed by atoms with E-state index in [1.807, 2.05) is 39.2 Å². The van der Waals surface area contributed by atoms with Crippen molar-refractivity contribution >= 4 is 17.2 Å². The molecule has 0 atom stereocenters. The number of aryl methyl sites for hydroxylation is 1. The summed E-state index contributed by atoms with van der Waals surface area (Å²) in [6.45, 7) is 3.66. The van der Waals surface area contributed by atoms with Crippen LogP contribution in [-0.4, -0.2) is 33.7 Å². The van der Waals surface area contributed by atoms with Crippen LogP contribution in [0.5, 0.6) is 0 Å². The van der Waals surface area contributed by atoms with Crippen molar-refractivity contribution in [3.63, 3.8) is 0 Å². The van der Waals surface area contributed by atoms with E-state index in [0.29, 0.717) is 11.6 Å². The highest BCUT2D eigenvalue weighted by Crippen LogP contribution is 2.28. The van der Waals surface area contributed by atoms with Gasteiger partial charge in [0.2, 0.25) is 0 Å². The monoisotopic (exact) mass is 441 g/mol. The van der Waals surface area contributed by atoms with Crippen molar-refractivity contribution < 1.29 is 4.79 Å². The fraction of sp³-hybridized carbons (Fsp3) is 0.259. The van der Waals surface area contributed by atoms with E-state index in [2.05, 4.69) is 55.5 Å². The molecule has 2 aromatic heterocycles. The summed E-state index contributed by atoms with van der Waals surface area (Å²) in [4.78, 5) is 16.7. The average molecular weight is 442 g/mol. The van der Waals surface area contributed by atoms with E-state index in [0.717, 1.165) is 48.6 Å². The van der Waals surface area contributed by atoms with Crippen LogP contribution >= 0.6 is 11.3 Å². The highest BCUT2D eigenvalue weighted by Gasteiger charge is 2.27. The van der Waals surface area contributed by atoms with Crippen molar-refractivity contribution in [1.29, 1.82) is 0 Å². The average Bonchev–Trinajstić information content (AvgIpc) is 3.51. The van der Waals surface area contributed by atoms with Gasteiger partial charge in [0.15, 0.2) is 0 Å². The van der Waals surface area contributed by atoms with Gasteiger partial charge >= 0.3 is 0 Å². The van der Waals surface area contributed by atoms with Crippen molar-refractivity contribution in [2.45, 2.75) is 26.2 Å². The summed E-state index contributed by atoms with van der Waals surface area (Å²) in [6.07, 6.45) is 3.17. The predicted octanol–water partition coefficient (Wildman–Crippen LogP) is 6.00. The molecule has 1 fully saturated rings. The van der Waals surface area contributed by atoms with Gasteiger partial charge in [-0.05, 0) is 67.3 Å². The van der Waals surface area contributed by atoms with Gasteiger partial charge in [-0.1, -0.05) is 54.1 Å². The molecule has 4 nitrogen and oxygen atoms in total. The number of hydrogen-bond donors (Lipinski definition) is 0. The second kappa shape index (κ2) is 9.13. The van der Waals surface area contributed by atoms with Crippen LogP contribution < -0.4 is 0 Å². The topological polar surface area (TPSA) is 38.1 Å². The molecule has 0 aliphatic carbocycles. The van der Waals surface area contributed by atoms with Crippen LogP contribution in [0.15, 0.2) is 78.2 Å². The van der Waals surface area contributed by atoms with Gasteiger partial charge in [0.1, 0.15) is 11.4 Å². The first-order valence-electron chi connectivity index (χ1n) is 11.2. The maximum Gasteiger partial charge on any atom is 0.272 e. The van der Waals surface area contributed by atoms with Gasteiger partial charge in [0, 0.05) is 13.1 Å². The molecule has 0 unspecified atom stereocenters. The standard InChI is InChI=1S/C27H27N3OS/c1-20-9-11-23(12-10-20)30-25(19-24(28-30)26-8-5-17-32-26)27(31)29-15-13-22(14-16-29)18-21-6-3-2-4-7-21/h2-12,17,19,22H,13-16,18H2,1H3. The van der Waals surface area contributed by atoms with Crippen molar-refractivity contribution in [2.24, 2.45) is 5.92 Å². The van der Waals surface area contributed by atoms with E-state index < -0.39 is 0 Å². The van der Waals surface area contributed by atoms with Gasteiger partial charge in [0.05, 0.1) is 10.6 Å². The molecule has 1 saturated heterocycles. The summed E-state index contributed by atoms with van der Waals surface area (Å²) in [7, 11) is 0. The largest absolute Gasteiger partial charge is 0.337 e. The Bertz CT molecular complexity index is 1170. The molecule has 5 heteroatoms. The lowest BCUT2D eigenvalue weighted by Gasteiger charge is -2.32. The molecule has 1 aliphatic heterocycles. The van der Waals surface area contributed by atoms with Crippen LogP contribution in [0.3, 0.4) is 0 Å². The summed E-state index contributed by atoms with van der Waals surface area (Å²) in [5.74, 6) is 0.698. The molecule has 5 rings (SSSR count). The molecule has 0 spiro atoms. The van der Waals surface area contributed by atoms with Gasteiger partial charge in [-0.15, -0.1) is 11.3 Å². The van der Waals surface area contributed by atoms with Gasteiger partial charge in [-0.3, -0.25) is 4.79 Å². The molecular formula is C27H27N3OS. The Balaban J connectivity index is 1.36. The van der Waals surface area contributed by atoms with Crippen LogP contribution in [0, 0.1) is 12.8 Å². The van der Waals surface area contributed by atoms with E-state index in [1.165, 1.54) is 11.1 Å². The van der Waals surface area contributed by atoms with Crippen molar-refractivity contribution in [3.05, 3.63) is 95.0 Å². The molecule has 32 heavy (non-hydrogen) atoms. The number of thiophene rings is 1. The summed E-state index contributed by atoms with van der Waals surface area (Å²) in [5, 5.41) is 6.86. The van der Waals surface area contributed by atoms with Crippen LogP contribution in [0.25, 0.3) is 16.3 Å². The third-order valence-corrected chi connectivity index (χ3v) is 7.14. The first-order valence-corrected chi connectivity index (χ1v) is 12.1. The zero-order valence-corrected chi connectivity index (χ0v) is 19.1. The molecule has 1 aliphatic rings. The Morgan fingerprint density at radius 3 is 2.44 bits per heavy atom. The number of carbonyl (C=O) groups excluding carboxylic acids is 1.